The van der Waals surface area contributed by atoms with Gasteiger partial charge in [-0.25, -0.2) is 15.0 Å². The van der Waals surface area contributed by atoms with E-state index in [0.717, 1.165) is 67.1 Å². The Balaban J connectivity index is 1.11. The van der Waals surface area contributed by atoms with Crippen molar-refractivity contribution in [3.63, 3.8) is 0 Å². The van der Waals surface area contributed by atoms with Crippen molar-refractivity contribution in [1.82, 2.24) is 39.9 Å². The fourth-order valence-electron chi connectivity index (χ4n) is 6.54. The van der Waals surface area contributed by atoms with Gasteiger partial charge in [0.05, 0.1) is 29.9 Å². The van der Waals surface area contributed by atoms with Gasteiger partial charge in [0.2, 0.25) is 0 Å². The van der Waals surface area contributed by atoms with Crippen LogP contribution in [0.3, 0.4) is 0 Å². The van der Waals surface area contributed by atoms with Crippen molar-refractivity contribution in [2.45, 2.75) is 69.4 Å². The number of nitrogens with one attached hydrogen (secondary N) is 2. The third-order valence-electron chi connectivity index (χ3n) is 9.00. The number of aromatic nitrogens is 6. The minimum atomic E-state index is -4.50. The standard InChI is InChI=1S/C30H35F3N10/c1-3-35-16-20-12-25(30(31,32)33)40-26(13-20)41(2)22-5-10-42(11-6-22)23-14-29(15-23,7-8-34)43-18-21(17-39-43)27-24-4-9-36-28(24)38-19-37-27/h4,9,12-13,17-19,22-23,35H,3,5-7,10-11,14-16H2,1-2H3,(H,36,37,38)/t23-,29-. The fraction of sp³-hybridized carbons (Fsp3) is 0.500. The monoisotopic (exact) mass is 592 g/mol. The number of nitrogens with zero attached hydrogens (tertiary/aromatic N) is 8. The molecule has 0 bridgehead atoms. The zero-order valence-corrected chi connectivity index (χ0v) is 24.3. The number of hydrogen-bond donors (Lipinski definition) is 2. The summed E-state index contributed by atoms with van der Waals surface area (Å²) in [4.78, 5) is 20.2. The van der Waals surface area contributed by atoms with Crippen LogP contribution in [0.5, 0.6) is 0 Å². The summed E-state index contributed by atoms with van der Waals surface area (Å²) in [7, 11) is 1.84. The molecule has 1 saturated carbocycles. The smallest absolute Gasteiger partial charge is 0.357 e. The molecule has 1 aliphatic carbocycles. The number of aromatic amines is 1. The van der Waals surface area contributed by atoms with Gasteiger partial charge in [0.25, 0.3) is 0 Å². The molecule has 10 nitrogen and oxygen atoms in total. The molecule has 43 heavy (non-hydrogen) atoms. The molecule has 0 amide bonds. The average Bonchev–Trinajstić information content (AvgIpc) is 3.67. The highest BCUT2D eigenvalue weighted by Gasteiger charge is 2.49. The van der Waals surface area contributed by atoms with Gasteiger partial charge in [-0.2, -0.15) is 23.5 Å². The number of rotatable bonds is 9. The second-order valence-electron chi connectivity index (χ2n) is 11.6. The Morgan fingerprint density at radius 1 is 1.21 bits per heavy atom. The summed E-state index contributed by atoms with van der Waals surface area (Å²) >= 11 is 0. The maximum atomic E-state index is 13.6. The van der Waals surface area contributed by atoms with Crippen molar-refractivity contribution in [2.24, 2.45) is 0 Å². The molecular weight excluding hydrogens is 557 g/mol. The Kier molecular flexibility index (Phi) is 7.83. The van der Waals surface area contributed by atoms with Crippen LogP contribution in [0, 0.1) is 11.3 Å². The van der Waals surface area contributed by atoms with Gasteiger partial charge in [0.15, 0.2) is 0 Å². The molecule has 13 heteroatoms. The highest BCUT2D eigenvalue weighted by molar-refractivity contribution is 5.90. The highest BCUT2D eigenvalue weighted by atomic mass is 19.4. The molecule has 6 rings (SSSR count). The van der Waals surface area contributed by atoms with Crippen molar-refractivity contribution in [3.8, 4) is 17.3 Å². The van der Waals surface area contributed by atoms with Crippen LogP contribution in [0.2, 0.25) is 0 Å². The first-order chi connectivity index (χ1) is 20.7. The third-order valence-corrected chi connectivity index (χ3v) is 9.00. The van der Waals surface area contributed by atoms with Gasteiger partial charge >= 0.3 is 6.18 Å². The van der Waals surface area contributed by atoms with Crippen molar-refractivity contribution in [1.29, 1.82) is 5.26 Å². The maximum absolute atomic E-state index is 13.6. The van der Waals surface area contributed by atoms with E-state index in [4.69, 9.17) is 0 Å². The average molecular weight is 593 g/mol. The molecule has 1 aliphatic heterocycles. The summed E-state index contributed by atoms with van der Waals surface area (Å²) in [5.41, 5.74) is 1.79. The number of hydrogen-bond acceptors (Lipinski definition) is 8. The van der Waals surface area contributed by atoms with Crippen LogP contribution in [0.4, 0.5) is 19.0 Å². The van der Waals surface area contributed by atoms with Crippen LogP contribution in [0.15, 0.2) is 43.1 Å². The Labute approximate surface area is 247 Å². The summed E-state index contributed by atoms with van der Waals surface area (Å²) in [5.74, 6) is 0.355. The van der Waals surface area contributed by atoms with E-state index in [0.29, 0.717) is 36.9 Å². The lowest BCUT2D eigenvalue weighted by Crippen LogP contribution is -2.58. The first-order valence-corrected chi connectivity index (χ1v) is 14.7. The number of alkyl halides is 3. The Hall–Kier alpha value is -4.02. The number of piperidine rings is 1. The number of likely N-dealkylation sites (tertiary alicyclic amines) is 1. The zero-order valence-electron chi connectivity index (χ0n) is 24.3. The first kappa shape index (κ1) is 29.1. The van der Waals surface area contributed by atoms with Gasteiger partial charge in [-0.05, 0) is 56.0 Å². The number of H-pyrrole nitrogens is 1. The lowest BCUT2D eigenvalue weighted by atomic mass is 9.69. The lowest BCUT2D eigenvalue weighted by molar-refractivity contribution is -0.141. The van der Waals surface area contributed by atoms with Crippen molar-refractivity contribution >= 4 is 16.9 Å². The van der Waals surface area contributed by atoms with Crippen molar-refractivity contribution < 1.29 is 13.2 Å². The van der Waals surface area contributed by atoms with Crippen LogP contribution in [-0.2, 0) is 18.3 Å². The predicted molar refractivity (Wildman–Crippen MR) is 156 cm³/mol. The largest absolute Gasteiger partial charge is 0.433 e. The molecule has 5 heterocycles. The highest BCUT2D eigenvalue weighted by Crippen LogP contribution is 2.46. The molecule has 1 saturated heterocycles. The quantitative estimate of drug-likeness (QED) is 0.287. The molecule has 2 fully saturated rings. The van der Waals surface area contributed by atoms with Gasteiger partial charge in [-0.3, -0.25) is 4.68 Å². The number of nitriles is 1. The van der Waals surface area contributed by atoms with E-state index in [1.165, 1.54) is 6.33 Å². The van der Waals surface area contributed by atoms with E-state index in [9.17, 15) is 18.4 Å². The van der Waals surface area contributed by atoms with E-state index >= 15 is 0 Å². The molecule has 0 aromatic carbocycles. The van der Waals surface area contributed by atoms with E-state index in [2.05, 4.69) is 41.3 Å². The Bertz CT molecular complexity index is 1610. The molecule has 0 atom stereocenters. The molecule has 0 radical (unpaired) electrons. The molecule has 2 N–H and O–H groups in total. The second kappa shape index (κ2) is 11.6. The summed E-state index contributed by atoms with van der Waals surface area (Å²) < 4.78 is 42.7. The fourth-order valence-corrected chi connectivity index (χ4v) is 6.54. The minimum Gasteiger partial charge on any atom is -0.357 e. The SMILES string of the molecule is CCNCc1cc(N(C)C2CCN([C@H]3C[C@](CC#N)(n4cc(-c5ncnc6[nH]ccc56)cn4)C3)CC2)nc(C(F)(F)F)c1. The van der Waals surface area contributed by atoms with Gasteiger partial charge < -0.3 is 20.1 Å². The summed E-state index contributed by atoms with van der Waals surface area (Å²) in [6.45, 7) is 4.63. The summed E-state index contributed by atoms with van der Waals surface area (Å²) in [5, 5.41) is 18.4. The summed E-state index contributed by atoms with van der Waals surface area (Å²) in [6, 6.07) is 7.61. The van der Waals surface area contributed by atoms with Crippen molar-refractivity contribution in [2.75, 3.05) is 31.6 Å². The van der Waals surface area contributed by atoms with E-state index in [1.54, 1.807) is 12.3 Å². The van der Waals surface area contributed by atoms with Gasteiger partial charge in [0.1, 0.15) is 23.5 Å². The zero-order chi connectivity index (χ0) is 30.2. The van der Waals surface area contributed by atoms with Crippen LogP contribution in [0.1, 0.15) is 50.3 Å². The Morgan fingerprint density at radius 2 is 2.00 bits per heavy atom. The number of pyridine rings is 1. The molecule has 0 unspecified atom stereocenters. The lowest BCUT2D eigenvalue weighted by Gasteiger charge is -2.52. The molecule has 4 aromatic rings. The van der Waals surface area contributed by atoms with Crippen LogP contribution < -0.4 is 10.2 Å². The molecule has 226 valence electrons. The molecule has 4 aromatic heterocycles. The topological polar surface area (TPSA) is 115 Å². The third kappa shape index (κ3) is 5.69. The minimum absolute atomic E-state index is 0.0926. The van der Waals surface area contributed by atoms with Gasteiger partial charge in [-0.15, -0.1) is 0 Å². The number of anilines is 1. The van der Waals surface area contributed by atoms with Gasteiger partial charge in [0, 0.05) is 62.1 Å². The first-order valence-electron chi connectivity index (χ1n) is 14.7. The van der Waals surface area contributed by atoms with Crippen LogP contribution >= 0.6 is 0 Å². The normalized spacial score (nSPS) is 21.5. The molecule has 0 spiro atoms. The number of fused-ring (bicyclic) bond motifs is 1. The van der Waals surface area contributed by atoms with Crippen LogP contribution in [0.25, 0.3) is 22.3 Å². The second-order valence-corrected chi connectivity index (χ2v) is 11.6. The molecule has 2 aliphatic rings. The van der Waals surface area contributed by atoms with Crippen LogP contribution in [-0.4, -0.2) is 73.4 Å². The van der Waals surface area contributed by atoms with E-state index in [1.807, 2.05) is 42.0 Å². The summed E-state index contributed by atoms with van der Waals surface area (Å²) in [6.07, 6.45) is 6.29. The van der Waals surface area contributed by atoms with Gasteiger partial charge in [-0.1, -0.05) is 6.92 Å². The number of halogens is 3. The Morgan fingerprint density at radius 3 is 2.72 bits per heavy atom. The predicted octanol–water partition coefficient (Wildman–Crippen LogP) is 4.72. The maximum Gasteiger partial charge on any atom is 0.433 e. The van der Waals surface area contributed by atoms with E-state index in [-0.39, 0.29) is 11.6 Å². The molecular formula is C30H35F3N10. The van der Waals surface area contributed by atoms with E-state index < -0.39 is 11.9 Å². The van der Waals surface area contributed by atoms with Crippen molar-refractivity contribution in [3.05, 3.63) is 54.4 Å².